The van der Waals surface area contributed by atoms with Crippen LogP contribution in [0.5, 0.6) is 0 Å². The monoisotopic (exact) mass is 486 g/mol. The van der Waals surface area contributed by atoms with Crippen molar-refractivity contribution in [2.45, 2.75) is 39.7 Å². The molecule has 2 heterocycles. The van der Waals surface area contributed by atoms with Crippen LogP contribution in [0, 0.1) is 0 Å². The lowest BCUT2D eigenvalue weighted by Gasteiger charge is -2.24. The first-order valence-electron chi connectivity index (χ1n) is 12.1. The van der Waals surface area contributed by atoms with Gasteiger partial charge in [-0.2, -0.15) is 5.10 Å². The maximum atomic E-state index is 14.1. The number of rotatable bonds is 9. The summed E-state index contributed by atoms with van der Waals surface area (Å²) in [5.74, 6) is -0.454. The molecule has 0 unspecified atom stereocenters. The van der Waals surface area contributed by atoms with Crippen molar-refractivity contribution in [1.82, 2.24) is 19.3 Å². The van der Waals surface area contributed by atoms with Crippen LogP contribution in [0.2, 0.25) is 0 Å². The minimum Gasteiger partial charge on any atom is -0.383 e. The van der Waals surface area contributed by atoms with E-state index in [2.05, 4.69) is 4.98 Å². The van der Waals surface area contributed by atoms with E-state index in [4.69, 9.17) is 10.8 Å². The smallest absolute Gasteiger partial charge is 0.330 e. The Labute approximate surface area is 208 Å². The van der Waals surface area contributed by atoms with Crippen LogP contribution >= 0.6 is 0 Å². The van der Waals surface area contributed by atoms with E-state index in [-0.39, 0.29) is 23.7 Å². The molecular weight excluding hydrogens is 456 g/mol. The number of H-pyrrole nitrogens is 1. The van der Waals surface area contributed by atoms with Crippen molar-refractivity contribution in [2.24, 2.45) is 0 Å². The number of benzene rings is 2. The molecule has 9 nitrogen and oxygen atoms in total. The first-order valence-corrected chi connectivity index (χ1v) is 12.1. The molecule has 1 amide bonds. The van der Waals surface area contributed by atoms with Crippen molar-refractivity contribution in [3.05, 3.63) is 93.3 Å². The Balaban J connectivity index is 1.90. The molecule has 4 aromatic rings. The zero-order valence-corrected chi connectivity index (χ0v) is 20.5. The summed E-state index contributed by atoms with van der Waals surface area (Å²) >= 11 is 0. The lowest BCUT2D eigenvalue weighted by atomic mass is 10.1. The summed E-state index contributed by atoms with van der Waals surface area (Å²) in [5, 5.41) is 4.73. The summed E-state index contributed by atoms with van der Waals surface area (Å²) in [5.41, 5.74) is 7.49. The third-order valence-electron chi connectivity index (χ3n) is 5.91. The number of hydrogen-bond donors (Lipinski definition) is 2. The molecule has 0 bridgehead atoms. The first-order chi connectivity index (χ1) is 17.5. The van der Waals surface area contributed by atoms with Gasteiger partial charge in [-0.25, -0.2) is 9.48 Å². The van der Waals surface area contributed by atoms with E-state index in [1.165, 1.54) is 9.47 Å². The molecule has 186 valence electrons. The Morgan fingerprint density at radius 1 is 1.00 bits per heavy atom. The molecule has 9 heteroatoms. The third-order valence-corrected chi connectivity index (χ3v) is 5.91. The number of nitrogens with one attached hydrogen (secondary N) is 1. The van der Waals surface area contributed by atoms with Crippen LogP contribution in [-0.4, -0.2) is 31.8 Å². The maximum Gasteiger partial charge on any atom is 0.330 e. The number of aromatic nitrogens is 4. The van der Waals surface area contributed by atoms with Gasteiger partial charge in [-0.05, 0) is 31.0 Å². The Bertz CT molecular complexity index is 1450. The molecule has 0 aliphatic carbocycles. The van der Waals surface area contributed by atoms with Crippen LogP contribution in [0.3, 0.4) is 0 Å². The van der Waals surface area contributed by atoms with Crippen LogP contribution < -0.4 is 21.9 Å². The van der Waals surface area contributed by atoms with E-state index in [0.717, 1.165) is 12.0 Å². The largest absolute Gasteiger partial charge is 0.383 e. The van der Waals surface area contributed by atoms with Gasteiger partial charge in [0.2, 0.25) is 0 Å². The van der Waals surface area contributed by atoms with Crippen LogP contribution in [0.15, 0.2) is 76.3 Å². The molecule has 2 aromatic carbocycles. The molecule has 36 heavy (non-hydrogen) atoms. The van der Waals surface area contributed by atoms with Gasteiger partial charge in [0.05, 0.1) is 11.4 Å². The van der Waals surface area contributed by atoms with Crippen molar-refractivity contribution in [1.29, 1.82) is 0 Å². The van der Waals surface area contributed by atoms with Gasteiger partial charge in [0.15, 0.2) is 5.69 Å². The van der Waals surface area contributed by atoms with Crippen molar-refractivity contribution in [3.63, 3.8) is 0 Å². The number of unbranched alkanes of at least 4 members (excludes halogenated alkanes) is 1. The average molecular weight is 487 g/mol. The Hall–Kier alpha value is -4.40. The standard InChI is InChI=1S/C27H30N6O3/c1-3-5-17-31(23-24(28)32(16-4-2)27(36)29-25(23)34)26(35)22-18-21(19-12-8-6-9-13-19)30-33(22)20-14-10-7-11-15-20/h6-15,18H,3-5,16-17,28H2,1-2H3,(H,29,34,36). The molecule has 0 radical (unpaired) electrons. The number of hydrogen-bond acceptors (Lipinski definition) is 5. The van der Waals surface area contributed by atoms with E-state index in [1.807, 2.05) is 74.5 Å². The highest BCUT2D eigenvalue weighted by atomic mass is 16.2. The highest BCUT2D eigenvalue weighted by molar-refractivity contribution is 6.07. The number of aromatic amines is 1. The predicted molar refractivity (Wildman–Crippen MR) is 142 cm³/mol. The molecule has 2 aromatic heterocycles. The average Bonchev–Trinajstić information content (AvgIpc) is 3.35. The van der Waals surface area contributed by atoms with E-state index in [0.29, 0.717) is 30.8 Å². The van der Waals surface area contributed by atoms with Gasteiger partial charge in [0.1, 0.15) is 11.5 Å². The minimum absolute atomic E-state index is 0.0240. The van der Waals surface area contributed by atoms with Gasteiger partial charge in [0.25, 0.3) is 11.5 Å². The number of carbonyl (C=O) groups excluding carboxylic acids is 1. The van der Waals surface area contributed by atoms with Gasteiger partial charge >= 0.3 is 5.69 Å². The summed E-state index contributed by atoms with van der Waals surface area (Å²) in [7, 11) is 0. The van der Waals surface area contributed by atoms with Gasteiger partial charge in [-0.3, -0.25) is 24.0 Å². The number of anilines is 2. The molecule has 0 aliphatic heterocycles. The first kappa shape index (κ1) is 24.7. The minimum atomic E-state index is -0.691. The molecule has 3 N–H and O–H groups in total. The summed E-state index contributed by atoms with van der Waals surface area (Å²) in [6.07, 6.45) is 2.08. The Morgan fingerprint density at radius 3 is 2.31 bits per heavy atom. The molecule has 0 spiro atoms. The second kappa shape index (κ2) is 10.9. The zero-order valence-electron chi connectivity index (χ0n) is 20.5. The second-order valence-corrected chi connectivity index (χ2v) is 8.48. The van der Waals surface area contributed by atoms with Crippen LogP contribution in [0.25, 0.3) is 16.9 Å². The SMILES string of the molecule is CCCCN(C(=O)c1cc(-c2ccccc2)nn1-c1ccccc1)c1c(N)n(CCC)c(=O)[nH]c1=O. The summed E-state index contributed by atoms with van der Waals surface area (Å²) in [4.78, 5) is 43.2. The second-order valence-electron chi connectivity index (χ2n) is 8.48. The fourth-order valence-corrected chi connectivity index (χ4v) is 4.10. The molecule has 4 rings (SSSR count). The van der Waals surface area contributed by atoms with Gasteiger partial charge in [-0.15, -0.1) is 0 Å². The van der Waals surface area contributed by atoms with E-state index in [9.17, 15) is 14.4 Å². The maximum absolute atomic E-state index is 14.1. The highest BCUT2D eigenvalue weighted by Crippen LogP contribution is 2.26. The zero-order chi connectivity index (χ0) is 25.7. The van der Waals surface area contributed by atoms with E-state index < -0.39 is 17.2 Å². The van der Waals surface area contributed by atoms with Crippen LogP contribution in [-0.2, 0) is 6.54 Å². The number of para-hydroxylation sites is 1. The number of carbonyl (C=O) groups is 1. The van der Waals surface area contributed by atoms with Crippen molar-refractivity contribution < 1.29 is 4.79 Å². The number of nitrogens with two attached hydrogens (primary N) is 1. The number of nitrogens with zero attached hydrogens (tertiary/aromatic N) is 4. The van der Waals surface area contributed by atoms with E-state index in [1.54, 1.807) is 10.7 Å². The predicted octanol–water partition coefficient (Wildman–Crippen LogP) is 3.83. The highest BCUT2D eigenvalue weighted by Gasteiger charge is 2.28. The van der Waals surface area contributed by atoms with E-state index >= 15 is 0 Å². The van der Waals surface area contributed by atoms with Crippen molar-refractivity contribution in [3.8, 4) is 16.9 Å². The molecular formula is C27H30N6O3. The fraction of sp³-hybridized carbons (Fsp3) is 0.259. The van der Waals surface area contributed by atoms with Crippen molar-refractivity contribution >= 4 is 17.4 Å². The summed E-state index contributed by atoms with van der Waals surface area (Å²) in [6.45, 7) is 4.48. The lowest BCUT2D eigenvalue weighted by molar-refractivity contribution is 0.0978. The lowest BCUT2D eigenvalue weighted by Crippen LogP contribution is -2.42. The molecule has 0 aliphatic rings. The third kappa shape index (κ3) is 4.86. The normalized spacial score (nSPS) is 10.9. The molecule has 0 fully saturated rings. The van der Waals surface area contributed by atoms with Crippen LogP contribution in [0.1, 0.15) is 43.6 Å². The summed E-state index contributed by atoms with van der Waals surface area (Å²) in [6, 6.07) is 20.6. The van der Waals surface area contributed by atoms with Gasteiger partial charge in [0, 0.05) is 18.7 Å². The van der Waals surface area contributed by atoms with Crippen molar-refractivity contribution in [2.75, 3.05) is 17.2 Å². The number of amides is 1. The number of nitrogen functional groups attached to an aromatic ring is 1. The summed E-state index contributed by atoms with van der Waals surface area (Å²) < 4.78 is 2.88. The van der Waals surface area contributed by atoms with Gasteiger partial charge in [-0.1, -0.05) is 68.8 Å². The molecule has 0 saturated heterocycles. The van der Waals surface area contributed by atoms with Crippen LogP contribution in [0.4, 0.5) is 11.5 Å². The molecule has 0 saturated carbocycles. The molecule has 0 atom stereocenters. The topological polar surface area (TPSA) is 119 Å². The fourth-order valence-electron chi connectivity index (χ4n) is 4.10. The van der Waals surface area contributed by atoms with Gasteiger partial charge < -0.3 is 5.73 Å². The Morgan fingerprint density at radius 2 is 1.67 bits per heavy atom. The quantitative estimate of drug-likeness (QED) is 0.373. The Kier molecular flexibility index (Phi) is 7.48.